The summed E-state index contributed by atoms with van der Waals surface area (Å²) >= 11 is 0. The van der Waals surface area contributed by atoms with Crippen molar-refractivity contribution in [1.29, 1.82) is 0 Å². The van der Waals surface area contributed by atoms with Crippen LogP contribution in [0, 0.1) is 11.7 Å². The minimum absolute atomic E-state index is 0.122. The van der Waals surface area contributed by atoms with E-state index in [0.29, 0.717) is 23.7 Å². The molecule has 2 aromatic carbocycles. The van der Waals surface area contributed by atoms with Crippen LogP contribution in [-0.4, -0.2) is 41.0 Å². The van der Waals surface area contributed by atoms with Gasteiger partial charge in [0.2, 0.25) is 0 Å². The molecule has 0 aliphatic carbocycles. The van der Waals surface area contributed by atoms with Gasteiger partial charge in [-0.1, -0.05) is 18.2 Å². The van der Waals surface area contributed by atoms with Crippen LogP contribution < -0.4 is 10.1 Å². The molecule has 0 bridgehead atoms. The Balaban J connectivity index is 1.12. The highest BCUT2D eigenvalue weighted by atomic mass is 19.1. The summed E-state index contributed by atoms with van der Waals surface area (Å²) in [5.74, 6) is 1.09. The number of H-pyrrole nitrogens is 1. The van der Waals surface area contributed by atoms with Gasteiger partial charge in [-0.2, -0.15) is 0 Å². The first kappa shape index (κ1) is 21.0. The number of amides is 1. The standard InChI is InChI=1S/C26H30FN3O2/c1-26(2)14-19-4-3-5-20(24(19)32-26)16-30-10-8-17(9-11-30)15-28-25(31)23-12-18-6-7-21(27)13-22(18)29-23/h3-7,12-13,17,29H,8-11,14-16H2,1-2H3,(H,28,31). The van der Waals surface area contributed by atoms with Gasteiger partial charge in [-0.15, -0.1) is 0 Å². The van der Waals surface area contributed by atoms with Crippen LogP contribution in [-0.2, 0) is 13.0 Å². The zero-order valence-electron chi connectivity index (χ0n) is 18.7. The molecule has 1 amide bonds. The molecule has 2 aliphatic rings. The summed E-state index contributed by atoms with van der Waals surface area (Å²) in [6.07, 6.45) is 3.07. The molecule has 32 heavy (non-hydrogen) atoms. The van der Waals surface area contributed by atoms with E-state index < -0.39 is 0 Å². The van der Waals surface area contributed by atoms with Crippen molar-refractivity contribution in [2.75, 3.05) is 19.6 Å². The molecule has 0 radical (unpaired) electrons. The van der Waals surface area contributed by atoms with Gasteiger partial charge in [-0.25, -0.2) is 4.39 Å². The van der Waals surface area contributed by atoms with Crippen molar-refractivity contribution in [3.05, 3.63) is 65.1 Å². The summed E-state index contributed by atoms with van der Waals surface area (Å²) in [7, 11) is 0. The Bertz CT molecular complexity index is 1150. The zero-order chi connectivity index (χ0) is 22.3. The third-order valence-electron chi connectivity index (χ3n) is 6.65. The van der Waals surface area contributed by atoms with E-state index in [2.05, 4.69) is 47.2 Å². The van der Waals surface area contributed by atoms with Crippen molar-refractivity contribution in [2.45, 2.75) is 45.3 Å². The van der Waals surface area contributed by atoms with Gasteiger partial charge in [-0.3, -0.25) is 9.69 Å². The van der Waals surface area contributed by atoms with Gasteiger partial charge in [0.15, 0.2) is 0 Å². The number of hydrogen-bond acceptors (Lipinski definition) is 3. The lowest BCUT2D eigenvalue weighted by Crippen LogP contribution is -2.38. The highest BCUT2D eigenvalue weighted by Gasteiger charge is 2.32. The predicted octanol–water partition coefficient (Wildman–Crippen LogP) is 4.66. The highest BCUT2D eigenvalue weighted by molar-refractivity contribution is 5.98. The molecule has 6 heteroatoms. The van der Waals surface area contributed by atoms with E-state index in [-0.39, 0.29) is 17.3 Å². The first-order chi connectivity index (χ1) is 15.4. The second kappa shape index (κ2) is 8.24. The maximum absolute atomic E-state index is 13.4. The van der Waals surface area contributed by atoms with Crippen molar-refractivity contribution in [1.82, 2.24) is 15.2 Å². The summed E-state index contributed by atoms with van der Waals surface area (Å²) in [4.78, 5) is 18.0. The maximum atomic E-state index is 13.4. The average Bonchev–Trinajstić information content (AvgIpc) is 3.32. The lowest BCUT2D eigenvalue weighted by Gasteiger charge is -2.32. The molecule has 1 aromatic heterocycles. The van der Waals surface area contributed by atoms with Crippen molar-refractivity contribution in [2.24, 2.45) is 5.92 Å². The van der Waals surface area contributed by atoms with Crippen molar-refractivity contribution in [3.63, 3.8) is 0 Å². The summed E-state index contributed by atoms with van der Waals surface area (Å²) in [5, 5.41) is 3.89. The van der Waals surface area contributed by atoms with Crippen LogP contribution in [0.4, 0.5) is 4.39 Å². The van der Waals surface area contributed by atoms with E-state index in [4.69, 9.17) is 4.74 Å². The van der Waals surface area contributed by atoms with Gasteiger partial charge in [0.25, 0.3) is 5.91 Å². The number of rotatable bonds is 5. The predicted molar refractivity (Wildman–Crippen MR) is 123 cm³/mol. The molecule has 168 valence electrons. The van der Waals surface area contributed by atoms with Crippen LogP contribution in [0.25, 0.3) is 10.9 Å². The van der Waals surface area contributed by atoms with Gasteiger partial charge in [0.05, 0.1) is 0 Å². The Labute approximate surface area is 187 Å². The zero-order valence-corrected chi connectivity index (χ0v) is 18.7. The molecule has 0 spiro atoms. The molecule has 5 nitrogen and oxygen atoms in total. The van der Waals surface area contributed by atoms with E-state index >= 15 is 0 Å². The number of likely N-dealkylation sites (tertiary alicyclic amines) is 1. The molecule has 0 atom stereocenters. The maximum Gasteiger partial charge on any atom is 0.267 e. The molecule has 2 aliphatic heterocycles. The van der Waals surface area contributed by atoms with Crippen LogP contribution in [0.1, 0.15) is 48.3 Å². The van der Waals surface area contributed by atoms with Crippen LogP contribution in [0.15, 0.2) is 42.5 Å². The van der Waals surface area contributed by atoms with Gasteiger partial charge in [-0.05, 0) is 75.5 Å². The molecule has 5 rings (SSSR count). The number of halogens is 1. The summed E-state index contributed by atoms with van der Waals surface area (Å²) in [6.45, 7) is 7.88. The fourth-order valence-corrected chi connectivity index (χ4v) is 4.95. The lowest BCUT2D eigenvalue weighted by atomic mass is 9.96. The van der Waals surface area contributed by atoms with E-state index in [1.54, 1.807) is 12.1 Å². The molecule has 0 saturated carbocycles. The Morgan fingerprint density at radius 3 is 2.84 bits per heavy atom. The fourth-order valence-electron chi connectivity index (χ4n) is 4.95. The largest absolute Gasteiger partial charge is 0.487 e. The number of carbonyl (C=O) groups excluding carboxylic acids is 1. The minimum Gasteiger partial charge on any atom is -0.487 e. The van der Waals surface area contributed by atoms with Crippen molar-refractivity contribution in [3.8, 4) is 5.75 Å². The number of hydrogen-bond donors (Lipinski definition) is 2. The van der Waals surface area contributed by atoms with Gasteiger partial charge < -0.3 is 15.0 Å². The number of nitrogens with zero attached hydrogens (tertiary/aromatic N) is 1. The van der Waals surface area contributed by atoms with Crippen molar-refractivity contribution < 1.29 is 13.9 Å². The smallest absolute Gasteiger partial charge is 0.267 e. The molecule has 1 fully saturated rings. The Morgan fingerprint density at radius 2 is 2.03 bits per heavy atom. The number of carbonyl (C=O) groups is 1. The number of nitrogens with one attached hydrogen (secondary N) is 2. The van der Waals surface area contributed by atoms with Gasteiger partial charge in [0, 0.05) is 36.0 Å². The first-order valence-electron chi connectivity index (χ1n) is 11.4. The number of benzene rings is 2. The average molecular weight is 436 g/mol. The van der Waals surface area contributed by atoms with E-state index in [9.17, 15) is 9.18 Å². The normalized spacial score (nSPS) is 18.5. The third-order valence-corrected chi connectivity index (χ3v) is 6.65. The Morgan fingerprint density at radius 1 is 1.22 bits per heavy atom. The van der Waals surface area contributed by atoms with E-state index in [0.717, 1.165) is 50.0 Å². The fraction of sp³-hybridized carbons (Fsp3) is 0.423. The molecule has 3 aromatic rings. The Kier molecular flexibility index (Phi) is 5.41. The number of ether oxygens (including phenoxy) is 1. The number of para-hydroxylation sites is 1. The number of fused-ring (bicyclic) bond motifs is 2. The molecular weight excluding hydrogens is 405 g/mol. The summed E-state index contributed by atoms with van der Waals surface area (Å²) < 4.78 is 19.6. The monoisotopic (exact) mass is 435 g/mol. The lowest BCUT2D eigenvalue weighted by molar-refractivity contribution is 0.0930. The SMILES string of the molecule is CC1(C)Cc2cccc(CN3CCC(CNC(=O)c4cc5ccc(F)cc5[nH]4)CC3)c2O1. The molecule has 3 heterocycles. The second-order valence-corrected chi connectivity index (χ2v) is 9.79. The van der Waals surface area contributed by atoms with E-state index in [1.165, 1.54) is 23.3 Å². The van der Waals surface area contributed by atoms with E-state index in [1.807, 2.05) is 0 Å². The number of piperidine rings is 1. The molecule has 0 unspecified atom stereocenters. The van der Waals surface area contributed by atoms with Gasteiger partial charge >= 0.3 is 0 Å². The molecular formula is C26H30FN3O2. The second-order valence-electron chi connectivity index (χ2n) is 9.79. The van der Waals surface area contributed by atoms with Crippen LogP contribution in [0.5, 0.6) is 5.75 Å². The topological polar surface area (TPSA) is 57.4 Å². The molecule has 1 saturated heterocycles. The number of aromatic nitrogens is 1. The summed E-state index contributed by atoms with van der Waals surface area (Å²) in [5.41, 5.74) is 3.58. The first-order valence-corrected chi connectivity index (χ1v) is 11.4. The summed E-state index contributed by atoms with van der Waals surface area (Å²) in [6, 6.07) is 12.8. The van der Waals surface area contributed by atoms with Crippen molar-refractivity contribution >= 4 is 16.8 Å². The number of aromatic amines is 1. The van der Waals surface area contributed by atoms with Crippen LogP contribution >= 0.6 is 0 Å². The molecule has 2 N–H and O–H groups in total. The van der Waals surface area contributed by atoms with Gasteiger partial charge in [0.1, 0.15) is 22.9 Å². The van der Waals surface area contributed by atoms with Crippen LogP contribution in [0.3, 0.4) is 0 Å². The Hall–Kier alpha value is -2.86. The highest BCUT2D eigenvalue weighted by Crippen LogP contribution is 2.38. The van der Waals surface area contributed by atoms with Crippen LogP contribution in [0.2, 0.25) is 0 Å². The third kappa shape index (κ3) is 4.37. The quantitative estimate of drug-likeness (QED) is 0.613. The minimum atomic E-state index is -0.311.